The monoisotopic (exact) mass is 241 g/mol. The number of thioether (sulfide) groups is 1. The molecule has 0 aromatic carbocycles. The minimum absolute atomic E-state index is 0.0373. The summed E-state index contributed by atoms with van der Waals surface area (Å²) in [4.78, 5) is 12.5. The average molecular weight is 241 g/mol. The van der Waals surface area contributed by atoms with Crippen LogP contribution in [-0.2, 0) is 4.79 Å². The van der Waals surface area contributed by atoms with Crippen LogP contribution in [0.2, 0.25) is 0 Å². The van der Waals surface area contributed by atoms with E-state index in [1.807, 2.05) is 11.8 Å². The number of carbonyl (C=O) groups excluding carboxylic acids is 1. The van der Waals surface area contributed by atoms with Crippen LogP contribution in [0.4, 0.5) is 0 Å². The summed E-state index contributed by atoms with van der Waals surface area (Å²) in [5.41, 5.74) is -0.142. The Balaban J connectivity index is 2.49. The summed E-state index contributed by atoms with van der Waals surface area (Å²) in [6, 6.07) is 0. The molecule has 0 bridgehead atoms. The molecule has 0 radical (unpaired) electrons. The molecule has 2 aliphatic rings. The van der Waals surface area contributed by atoms with Gasteiger partial charge >= 0.3 is 0 Å². The van der Waals surface area contributed by atoms with Crippen molar-refractivity contribution in [1.82, 2.24) is 5.32 Å². The van der Waals surface area contributed by atoms with Gasteiger partial charge in [0.2, 0.25) is 5.91 Å². The van der Waals surface area contributed by atoms with Crippen molar-refractivity contribution in [3.8, 4) is 0 Å². The molecule has 2 aliphatic heterocycles. The average Bonchev–Trinajstić information content (AvgIpc) is 2.58. The number of carbonyl (C=O) groups is 1. The maximum Gasteiger partial charge on any atom is 0.228 e. The van der Waals surface area contributed by atoms with Crippen LogP contribution in [0.5, 0.6) is 0 Å². The lowest BCUT2D eigenvalue weighted by Gasteiger charge is -2.46. The van der Waals surface area contributed by atoms with Gasteiger partial charge in [-0.1, -0.05) is 34.6 Å². The van der Waals surface area contributed by atoms with Gasteiger partial charge in [-0.25, -0.2) is 0 Å². The Morgan fingerprint density at radius 3 is 2.56 bits per heavy atom. The van der Waals surface area contributed by atoms with Gasteiger partial charge in [0.15, 0.2) is 0 Å². The first kappa shape index (κ1) is 12.3. The highest BCUT2D eigenvalue weighted by molar-refractivity contribution is 8.00. The fourth-order valence-corrected chi connectivity index (χ4v) is 5.49. The molecule has 2 saturated heterocycles. The van der Waals surface area contributed by atoms with Crippen LogP contribution in [0.1, 0.15) is 41.0 Å². The van der Waals surface area contributed by atoms with Gasteiger partial charge in [0.1, 0.15) is 0 Å². The van der Waals surface area contributed by atoms with Crippen molar-refractivity contribution in [2.45, 2.75) is 46.4 Å². The quantitative estimate of drug-likeness (QED) is 0.765. The molecular formula is C13H23NOS. The highest BCUT2D eigenvalue weighted by Gasteiger charge is 2.63. The second-order valence-electron chi connectivity index (χ2n) is 6.43. The van der Waals surface area contributed by atoms with Crippen LogP contribution in [0, 0.1) is 22.7 Å². The van der Waals surface area contributed by atoms with E-state index in [1.165, 1.54) is 12.2 Å². The van der Waals surface area contributed by atoms with E-state index in [2.05, 4.69) is 39.9 Å². The third-order valence-corrected chi connectivity index (χ3v) is 5.75. The second kappa shape index (κ2) is 3.66. The van der Waals surface area contributed by atoms with Crippen LogP contribution >= 0.6 is 11.8 Å². The zero-order chi connectivity index (χ0) is 12.1. The Bertz CT molecular complexity index is 308. The molecule has 2 fully saturated rings. The molecular weight excluding hydrogens is 218 g/mol. The predicted molar refractivity (Wildman–Crippen MR) is 69.2 cm³/mol. The third kappa shape index (κ3) is 1.36. The first-order valence-corrected chi connectivity index (χ1v) is 7.29. The van der Waals surface area contributed by atoms with Crippen LogP contribution in [0.25, 0.3) is 0 Å². The fourth-order valence-electron chi connectivity index (χ4n) is 4.07. The van der Waals surface area contributed by atoms with Crippen LogP contribution in [-0.4, -0.2) is 17.0 Å². The van der Waals surface area contributed by atoms with Crippen LogP contribution in [0.3, 0.4) is 0 Å². The van der Waals surface area contributed by atoms with Gasteiger partial charge in [-0.2, -0.15) is 0 Å². The van der Waals surface area contributed by atoms with Crippen LogP contribution in [0.15, 0.2) is 0 Å². The molecule has 0 aromatic heterocycles. The predicted octanol–water partition coefficient (Wildman–Crippen LogP) is 2.88. The number of rotatable bonds is 1. The SMILES string of the molecule is CC(C)C1(C(C)(C)C)C(=O)NC2SCCC21. The van der Waals surface area contributed by atoms with E-state index in [9.17, 15) is 4.79 Å². The molecule has 3 unspecified atom stereocenters. The summed E-state index contributed by atoms with van der Waals surface area (Å²) in [5.74, 6) is 2.41. The Hall–Kier alpha value is -0.180. The normalized spacial score (nSPS) is 39.0. The van der Waals surface area contributed by atoms with Gasteiger partial charge in [0.25, 0.3) is 0 Å². The van der Waals surface area contributed by atoms with Crippen molar-refractivity contribution < 1.29 is 4.79 Å². The lowest BCUT2D eigenvalue weighted by molar-refractivity contribution is -0.140. The smallest absolute Gasteiger partial charge is 0.228 e. The van der Waals surface area contributed by atoms with Gasteiger partial charge in [-0.15, -0.1) is 11.8 Å². The maximum atomic E-state index is 12.5. The highest BCUT2D eigenvalue weighted by atomic mass is 32.2. The summed E-state index contributed by atoms with van der Waals surface area (Å²) in [6.07, 6.45) is 1.18. The number of fused-ring (bicyclic) bond motifs is 1. The van der Waals surface area contributed by atoms with Crippen LogP contribution < -0.4 is 5.32 Å². The van der Waals surface area contributed by atoms with Crippen molar-refractivity contribution in [2.24, 2.45) is 22.7 Å². The lowest BCUT2D eigenvalue weighted by Crippen LogP contribution is -2.50. The van der Waals surface area contributed by atoms with E-state index in [1.54, 1.807) is 0 Å². The molecule has 0 spiro atoms. The van der Waals surface area contributed by atoms with E-state index in [0.717, 1.165) is 0 Å². The Morgan fingerprint density at radius 2 is 2.06 bits per heavy atom. The minimum atomic E-state index is -0.179. The molecule has 2 rings (SSSR count). The Kier molecular flexibility index (Phi) is 2.81. The summed E-state index contributed by atoms with van der Waals surface area (Å²) in [6.45, 7) is 11.1. The summed E-state index contributed by atoms with van der Waals surface area (Å²) < 4.78 is 0. The van der Waals surface area contributed by atoms with E-state index in [0.29, 0.717) is 17.2 Å². The minimum Gasteiger partial charge on any atom is -0.344 e. The second-order valence-corrected chi connectivity index (χ2v) is 7.68. The van der Waals surface area contributed by atoms with Gasteiger partial charge < -0.3 is 5.32 Å². The number of hydrogen-bond donors (Lipinski definition) is 1. The molecule has 92 valence electrons. The molecule has 3 heteroatoms. The number of hydrogen-bond acceptors (Lipinski definition) is 2. The molecule has 16 heavy (non-hydrogen) atoms. The fraction of sp³-hybridized carbons (Fsp3) is 0.923. The van der Waals surface area contributed by atoms with E-state index in [-0.39, 0.29) is 16.7 Å². The van der Waals surface area contributed by atoms with E-state index in [4.69, 9.17) is 0 Å². The first-order chi connectivity index (χ1) is 7.31. The van der Waals surface area contributed by atoms with Gasteiger partial charge in [0, 0.05) is 5.92 Å². The van der Waals surface area contributed by atoms with Gasteiger partial charge in [-0.05, 0) is 23.5 Å². The first-order valence-electron chi connectivity index (χ1n) is 6.24. The molecule has 0 aliphatic carbocycles. The molecule has 2 nitrogen and oxygen atoms in total. The molecule has 3 atom stereocenters. The number of amides is 1. The van der Waals surface area contributed by atoms with Gasteiger partial charge in [-0.3, -0.25) is 4.79 Å². The van der Waals surface area contributed by atoms with Crippen molar-refractivity contribution in [1.29, 1.82) is 0 Å². The molecule has 1 N–H and O–H groups in total. The van der Waals surface area contributed by atoms with E-state index < -0.39 is 0 Å². The summed E-state index contributed by atoms with van der Waals surface area (Å²) in [5, 5.41) is 3.59. The van der Waals surface area contributed by atoms with Crippen molar-refractivity contribution >= 4 is 17.7 Å². The molecule has 0 aromatic rings. The molecule has 2 heterocycles. The highest BCUT2D eigenvalue weighted by Crippen LogP contribution is 2.59. The molecule has 1 amide bonds. The summed E-state index contributed by atoms with van der Waals surface area (Å²) in [7, 11) is 0. The Morgan fingerprint density at radius 1 is 1.44 bits per heavy atom. The van der Waals surface area contributed by atoms with Crippen molar-refractivity contribution in [3.05, 3.63) is 0 Å². The van der Waals surface area contributed by atoms with Gasteiger partial charge in [0.05, 0.1) is 10.8 Å². The maximum absolute atomic E-state index is 12.5. The summed E-state index contributed by atoms with van der Waals surface area (Å²) >= 11 is 1.92. The largest absolute Gasteiger partial charge is 0.344 e. The zero-order valence-corrected chi connectivity index (χ0v) is 11.8. The standard InChI is InChI=1S/C13H23NOS/c1-8(2)13(12(3,4)5)9-6-7-16-10(9)14-11(13)15/h8-10H,6-7H2,1-5H3,(H,14,15). The third-order valence-electron chi connectivity index (χ3n) is 4.48. The Labute approximate surface area is 103 Å². The van der Waals surface area contributed by atoms with Crippen molar-refractivity contribution in [3.63, 3.8) is 0 Å². The lowest BCUT2D eigenvalue weighted by atomic mass is 9.55. The van der Waals surface area contributed by atoms with Crippen molar-refractivity contribution in [2.75, 3.05) is 5.75 Å². The topological polar surface area (TPSA) is 29.1 Å². The zero-order valence-electron chi connectivity index (χ0n) is 11.0. The number of nitrogens with one attached hydrogen (secondary N) is 1. The molecule has 0 saturated carbocycles. The van der Waals surface area contributed by atoms with E-state index >= 15 is 0 Å².